The number of amides is 1. The van der Waals surface area contributed by atoms with Crippen molar-refractivity contribution in [2.45, 2.75) is 19.9 Å². The first-order valence-electron chi connectivity index (χ1n) is 7.08. The Kier molecular flexibility index (Phi) is 5.39. The van der Waals surface area contributed by atoms with E-state index in [-0.39, 0.29) is 6.61 Å². The maximum atomic E-state index is 11.9. The third-order valence-electron chi connectivity index (χ3n) is 3.57. The lowest BCUT2D eigenvalue weighted by molar-refractivity contribution is -0.142. The highest BCUT2D eigenvalue weighted by molar-refractivity contribution is 6.35. The van der Waals surface area contributed by atoms with Gasteiger partial charge in [-0.2, -0.15) is 0 Å². The number of carbonyl (C=O) groups excluding carboxylic acids is 1. The van der Waals surface area contributed by atoms with Gasteiger partial charge in [-0.3, -0.25) is 14.6 Å². The Hall–Kier alpha value is -2.34. The Balaban J connectivity index is 2.03. The van der Waals surface area contributed by atoms with Crippen molar-refractivity contribution in [2.75, 3.05) is 6.61 Å². The van der Waals surface area contributed by atoms with Gasteiger partial charge in [0.05, 0.1) is 10.9 Å². The van der Waals surface area contributed by atoms with E-state index >= 15 is 0 Å². The summed E-state index contributed by atoms with van der Waals surface area (Å²) >= 11 is 6.09. The zero-order valence-corrected chi connectivity index (χ0v) is 13.5. The summed E-state index contributed by atoms with van der Waals surface area (Å²) in [6.07, 6.45) is 1.61. The molecule has 0 saturated carbocycles. The van der Waals surface area contributed by atoms with Crippen LogP contribution in [0.3, 0.4) is 0 Å². The molecule has 1 aromatic heterocycles. The molecule has 0 aliphatic heterocycles. The van der Waals surface area contributed by atoms with E-state index in [0.717, 1.165) is 5.39 Å². The number of aromatic nitrogens is 1. The fourth-order valence-corrected chi connectivity index (χ4v) is 2.22. The lowest BCUT2D eigenvalue weighted by Crippen LogP contribution is -2.42. The lowest BCUT2D eigenvalue weighted by atomic mass is 10.0. The number of ether oxygens (including phenoxy) is 1. The van der Waals surface area contributed by atoms with E-state index in [0.29, 0.717) is 16.3 Å². The van der Waals surface area contributed by atoms with Crippen molar-refractivity contribution in [3.05, 3.63) is 35.5 Å². The second kappa shape index (κ2) is 7.28. The summed E-state index contributed by atoms with van der Waals surface area (Å²) in [4.78, 5) is 27.0. The van der Waals surface area contributed by atoms with Gasteiger partial charge in [0.15, 0.2) is 6.61 Å². The van der Waals surface area contributed by atoms with Crippen molar-refractivity contribution >= 4 is 34.4 Å². The second-order valence-electron chi connectivity index (χ2n) is 5.22. The summed E-state index contributed by atoms with van der Waals surface area (Å²) in [5, 5.41) is 12.8. The fraction of sp³-hybridized carbons (Fsp3) is 0.312. The van der Waals surface area contributed by atoms with Crippen LogP contribution in [0.1, 0.15) is 13.8 Å². The molecular formula is C16H17ClN2O4. The number of nitrogens with zero attached hydrogens (tertiary/aromatic N) is 1. The molecule has 23 heavy (non-hydrogen) atoms. The van der Waals surface area contributed by atoms with Gasteiger partial charge in [-0.25, -0.2) is 0 Å². The molecule has 6 nitrogen and oxygen atoms in total. The maximum absolute atomic E-state index is 11.9. The quantitative estimate of drug-likeness (QED) is 0.846. The molecule has 0 spiro atoms. The highest BCUT2D eigenvalue weighted by Gasteiger charge is 2.21. The van der Waals surface area contributed by atoms with Crippen LogP contribution in [0, 0.1) is 5.92 Å². The van der Waals surface area contributed by atoms with E-state index in [1.54, 1.807) is 31.3 Å². The van der Waals surface area contributed by atoms with E-state index < -0.39 is 23.8 Å². The van der Waals surface area contributed by atoms with Gasteiger partial charge in [-0.1, -0.05) is 11.6 Å². The minimum atomic E-state index is -0.966. The molecule has 0 saturated heterocycles. The number of pyridine rings is 1. The SMILES string of the molecule is CC(NC(=O)COc1ccc(Cl)c2cccnc12)C(C)C(=O)O. The number of hydrogen-bond acceptors (Lipinski definition) is 4. The van der Waals surface area contributed by atoms with Gasteiger partial charge in [0, 0.05) is 17.6 Å². The van der Waals surface area contributed by atoms with Crippen LogP contribution >= 0.6 is 11.6 Å². The average molecular weight is 337 g/mol. The Bertz CT molecular complexity index is 735. The summed E-state index contributed by atoms with van der Waals surface area (Å²) < 4.78 is 5.50. The van der Waals surface area contributed by atoms with E-state index in [4.69, 9.17) is 21.4 Å². The number of rotatable bonds is 6. The normalized spacial score (nSPS) is 13.3. The van der Waals surface area contributed by atoms with Gasteiger partial charge in [0.2, 0.25) is 0 Å². The highest BCUT2D eigenvalue weighted by atomic mass is 35.5. The summed E-state index contributed by atoms with van der Waals surface area (Å²) in [5.41, 5.74) is 0.569. The van der Waals surface area contributed by atoms with Crippen LogP contribution in [0.5, 0.6) is 5.75 Å². The summed E-state index contributed by atoms with van der Waals surface area (Å²) in [5.74, 6) is -1.60. The molecule has 2 aromatic rings. The number of nitrogens with one attached hydrogen (secondary N) is 1. The number of halogens is 1. The zero-order chi connectivity index (χ0) is 17.0. The number of benzene rings is 1. The number of carbonyl (C=O) groups is 2. The number of aliphatic carboxylic acids is 1. The maximum Gasteiger partial charge on any atom is 0.308 e. The van der Waals surface area contributed by atoms with E-state index in [1.807, 2.05) is 6.07 Å². The Morgan fingerprint density at radius 2 is 2.09 bits per heavy atom. The van der Waals surface area contributed by atoms with Crippen molar-refractivity contribution in [3.63, 3.8) is 0 Å². The summed E-state index contributed by atoms with van der Waals surface area (Å²) in [7, 11) is 0. The van der Waals surface area contributed by atoms with Crippen LogP contribution in [0.4, 0.5) is 0 Å². The molecule has 1 amide bonds. The van der Waals surface area contributed by atoms with Gasteiger partial charge < -0.3 is 15.2 Å². The van der Waals surface area contributed by atoms with Crippen molar-refractivity contribution < 1.29 is 19.4 Å². The molecular weight excluding hydrogens is 320 g/mol. The van der Waals surface area contributed by atoms with Crippen LogP contribution in [0.2, 0.25) is 5.02 Å². The molecule has 0 radical (unpaired) electrons. The first-order valence-corrected chi connectivity index (χ1v) is 7.46. The molecule has 122 valence electrons. The molecule has 1 aromatic carbocycles. The standard InChI is InChI=1S/C16H17ClN2O4/c1-9(16(21)22)10(2)19-14(20)8-23-13-6-5-12(17)11-4-3-7-18-15(11)13/h3-7,9-10H,8H2,1-2H3,(H,19,20)(H,21,22). The van der Waals surface area contributed by atoms with Crippen LogP contribution < -0.4 is 10.1 Å². The summed E-state index contributed by atoms with van der Waals surface area (Å²) in [6.45, 7) is 2.94. The zero-order valence-electron chi connectivity index (χ0n) is 12.7. The van der Waals surface area contributed by atoms with Gasteiger partial charge >= 0.3 is 5.97 Å². The minimum absolute atomic E-state index is 0.232. The largest absolute Gasteiger partial charge is 0.481 e. The summed E-state index contributed by atoms with van der Waals surface area (Å²) in [6, 6.07) is 6.40. The minimum Gasteiger partial charge on any atom is -0.481 e. The van der Waals surface area contributed by atoms with Crippen LogP contribution in [-0.4, -0.2) is 34.6 Å². The van der Waals surface area contributed by atoms with Gasteiger partial charge in [0.1, 0.15) is 11.3 Å². The first kappa shape index (κ1) is 17.0. The molecule has 1 heterocycles. The van der Waals surface area contributed by atoms with Crippen molar-refractivity contribution in [3.8, 4) is 5.75 Å². The topological polar surface area (TPSA) is 88.5 Å². The van der Waals surface area contributed by atoms with Crippen molar-refractivity contribution in [2.24, 2.45) is 5.92 Å². The lowest BCUT2D eigenvalue weighted by Gasteiger charge is -2.18. The van der Waals surface area contributed by atoms with Gasteiger partial charge in [-0.15, -0.1) is 0 Å². The van der Waals surface area contributed by atoms with Crippen LogP contribution in [-0.2, 0) is 9.59 Å². The third kappa shape index (κ3) is 4.10. The fourth-order valence-electron chi connectivity index (χ4n) is 2.01. The predicted octanol–water partition coefficient (Wildman–Crippen LogP) is 2.49. The van der Waals surface area contributed by atoms with Gasteiger partial charge in [0.25, 0.3) is 5.91 Å². The molecule has 7 heteroatoms. The molecule has 2 unspecified atom stereocenters. The molecule has 2 atom stereocenters. The van der Waals surface area contributed by atoms with Crippen molar-refractivity contribution in [1.29, 1.82) is 0 Å². The van der Waals surface area contributed by atoms with E-state index in [2.05, 4.69) is 10.3 Å². The monoisotopic (exact) mass is 336 g/mol. The molecule has 0 fully saturated rings. The van der Waals surface area contributed by atoms with Crippen molar-refractivity contribution in [1.82, 2.24) is 10.3 Å². The predicted molar refractivity (Wildman–Crippen MR) is 86.7 cm³/mol. The molecule has 0 aliphatic carbocycles. The third-order valence-corrected chi connectivity index (χ3v) is 3.90. The Morgan fingerprint density at radius 1 is 1.35 bits per heavy atom. The first-order chi connectivity index (χ1) is 10.9. The van der Waals surface area contributed by atoms with Crippen LogP contribution in [0.25, 0.3) is 10.9 Å². The number of hydrogen-bond donors (Lipinski definition) is 2. The number of carboxylic acids is 1. The molecule has 2 rings (SSSR count). The van der Waals surface area contributed by atoms with Crippen LogP contribution in [0.15, 0.2) is 30.5 Å². The smallest absolute Gasteiger partial charge is 0.308 e. The molecule has 0 aliphatic rings. The number of fused-ring (bicyclic) bond motifs is 1. The average Bonchev–Trinajstić information content (AvgIpc) is 2.53. The van der Waals surface area contributed by atoms with Gasteiger partial charge in [-0.05, 0) is 38.1 Å². The number of carboxylic acid groups (broad SMARTS) is 1. The Morgan fingerprint density at radius 3 is 2.78 bits per heavy atom. The molecule has 2 N–H and O–H groups in total. The Labute approximate surface area is 138 Å². The second-order valence-corrected chi connectivity index (χ2v) is 5.62. The molecule has 0 bridgehead atoms. The van der Waals surface area contributed by atoms with E-state index in [1.165, 1.54) is 6.92 Å². The highest BCUT2D eigenvalue weighted by Crippen LogP contribution is 2.29. The van der Waals surface area contributed by atoms with E-state index in [9.17, 15) is 9.59 Å².